The van der Waals surface area contributed by atoms with Crippen molar-refractivity contribution in [3.63, 3.8) is 0 Å². The molecule has 2 aromatic rings. The van der Waals surface area contributed by atoms with E-state index in [1.807, 2.05) is 12.1 Å². The molecule has 0 amide bonds. The first-order valence-corrected chi connectivity index (χ1v) is 7.06. The SMILES string of the molecule is C#CCOc1ccc([N+](=O)[O-])cc1/C=C(/C#N)c1ccc(C#N)cc1. The molecule has 6 nitrogen and oxygen atoms in total. The van der Waals surface area contributed by atoms with Gasteiger partial charge in [0.05, 0.1) is 28.2 Å². The number of non-ortho nitro benzene ring substituents is 1. The van der Waals surface area contributed by atoms with Crippen molar-refractivity contribution >= 4 is 17.3 Å². The lowest BCUT2D eigenvalue weighted by Crippen LogP contribution is -1.97. The van der Waals surface area contributed by atoms with Gasteiger partial charge in [-0.2, -0.15) is 10.5 Å². The predicted molar refractivity (Wildman–Crippen MR) is 92.1 cm³/mol. The predicted octanol–water partition coefficient (Wildman–Crippen LogP) is 3.54. The second-order valence-electron chi connectivity index (χ2n) is 4.83. The van der Waals surface area contributed by atoms with Gasteiger partial charge in [0.15, 0.2) is 0 Å². The van der Waals surface area contributed by atoms with Gasteiger partial charge >= 0.3 is 0 Å². The molecule has 0 fully saturated rings. The third-order valence-electron chi connectivity index (χ3n) is 3.26. The van der Waals surface area contributed by atoms with Crippen LogP contribution in [-0.4, -0.2) is 11.5 Å². The van der Waals surface area contributed by atoms with E-state index in [9.17, 15) is 15.4 Å². The van der Waals surface area contributed by atoms with Crippen molar-refractivity contribution in [1.82, 2.24) is 0 Å². The van der Waals surface area contributed by atoms with Crippen LogP contribution in [0.5, 0.6) is 5.75 Å². The fourth-order valence-electron chi connectivity index (χ4n) is 2.07. The Morgan fingerprint density at radius 3 is 2.52 bits per heavy atom. The molecule has 0 aromatic heterocycles. The number of terminal acetylenes is 1. The summed E-state index contributed by atoms with van der Waals surface area (Å²) in [7, 11) is 0. The smallest absolute Gasteiger partial charge is 0.270 e. The first-order valence-electron chi connectivity index (χ1n) is 7.06. The van der Waals surface area contributed by atoms with Gasteiger partial charge in [0.2, 0.25) is 0 Å². The monoisotopic (exact) mass is 329 g/mol. The molecule has 0 radical (unpaired) electrons. The van der Waals surface area contributed by atoms with Gasteiger partial charge in [-0.3, -0.25) is 10.1 Å². The van der Waals surface area contributed by atoms with Gasteiger partial charge in [-0.05, 0) is 29.8 Å². The van der Waals surface area contributed by atoms with Crippen LogP contribution < -0.4 is 4.74 Å². The summed E-state index contributed by atoms with van der Waals surface area (Å²) in [5.74, 6) is 2.66. The van der Waals surface area contributed by atoms with Gasteiger partial charge in [0.25, 0.3) is 5.69 Å². The zero-order valence-corrected chi connectivity index (χ0v) is 13.0. The average molecular weight is 329 g/mol. The number of nitro groups is 1. The van der Waals surface area contributed by atoms with Crippen LogP contribution >= 0.6 is 0 Å². The maximum Gasteiger partial charge on any atom is 0.270 e. The highest BCUT2D eigenvalue weighted by atomic mass is 16.6. The molecular formula is C19H11N3O3. The molecule has 0 saturated carbocycles. The molecule has 0 aliphatic heterocycles. The van der Waals surface area contributed by atoms with Crippen LogP contribution in [-0.2, 0) is 0 Å². The van der Waals surface area contributed by atoms with Gasteiger partial charge in [-0.15, -0.1) is 6.42 Å². The molecule has 2 aromatic carbocycles. The van der Waals surface area contributed by atoms with Crippen LogP contribution in [0.3, 0.4) is 0 Å². The number of nitrogens with zero attached hydrogens (tertiary/aromatic N) is 3. The number of benzene rings is 2. The van der Waals surface area contributed by atoms with E-state index in [1.165, 1.54) is 24.3 Å². The van der Waals surface area contributed by atoms with Crippen molar-refractivity contribution in [3.8, 4) is 30.2 Å². The molecule has 6 heteroatoms. The van der Waals surface area contributed by atoms with Crippen LogP contribution in [0.2, 0.25) is 0 Å². The van der Waals surface area contributed by atoms with Crippen LogP contribution in [0.15, 0.2) is 42.5 Å². The molecule has 0 aliphatic carbocycles. The molecule has 120 valence electrons. The average Bonchev–Trinajstić information content (AvgIpc) is 2.64. The largest absolute Gasteiger partial charge is 0.480 e. The van der Waals surface area contributed by atoms with E-state index in [1.54, 1.807) is 24.3 Å². The van der Waals surface area contributed by atoms with E-state index in [4.69, 9.17) is 16.4 Å². The third-order valence-corrected chi connectivity index (χ3v) is 3.26. The number of hydrogen-bond acceptors (Lipinski definition) is 5. The van der Waals surface area contributed by atoms with Crippen molar-refractivity contribution in [1.29, 1.82) is 10.5 Å². The summed E-state index contributed by atoms with van der Waals surface area (Å²) in [5.41, 5.74) is 1.56. The standard InChI is InChI=1S/C19H11N3O3/c1-2-9-25-19-8-7-18(22(23)24)11-16(19)10-17(13-21)15-5-3-14(12-20)4-6-15/h1,3-8,10-11H,9H2/b17-10-. The van der Waals surface area contributed by atoms with E-state index in [2.05, 4.69) is 5.92 Å². The molecule has 0 saturated heterocycles. The van der Waals surface area contributed by atoms with Gasteiger partial charge in [0.1, 0.15) is 12.4 Å². The molecule has 0 bridgehead atoms. The van der Waals surface area contributed by atoms with Gasteiger partial charge in [0, 0.05) is 17.7 Å². The Morgan fingerprint density at radius 1 is 1.24 bits per heavy atom. The molecule has 0 spiro atoms. The van der Waals surface area contributed by atoms with Gasteiger partial charge < -0.3 is 4.74 Å². The number of ether oxygens (including phenoxy) is 1. The second kappa shape index (κ2) is 7.97. The lowest BCUT2D eigenvalue weighted by Gasteiger charge is -2.07. The Bertz CT molecular complexity index is 955. The van der Waals surface area contributed by atoms with E-state index in [-0.39, 0.29) is 17.9 Å². The summed E-state index contributed by atoms with van der Waals surface area (Å²) in [5, 5.41) is 29.2. The molecule has 0 atom stereocenters. The number of rotatable bonds is 5. The van der Waals surface area contributed by atoms with Gasteiger partial charge in [-0.25, -0.2) is 0 Å². The lowest BCUT2D eigenvalue weighted by molar-refractivity contribution is -0.384. The van der Waals surface area contributed by atoms with Crippen molar-refractivity contribution < 1.29 is 9.66 Å². The first-order chi connectivity index (χ1) is 12.1. The summed E-state index contributed by atoms with van der Waals surface area (Å²) in [4.78, 5) is 10.5. The molecule has 2 rings (SSSR count). The van der Waals surface area contributed by atoms with Gasteiger partial charge in [-0.1, -0.05) is 18.1 Å². The number of nitriles is 2. The quantitative estimate of drug-likeness (QED) is 0.274. The zero-order chi connectivity index (χ0) is 18.2. The minimum atomic E-state index is -0.532. The Hall–Kier alpha value is -4.08. The number of hydrogen-bond donors (Lipinski definition) is 0. The van der Waals surface area contributed by atoms with Crippen LogP contribution in [0.1, 0.15) is 16.7 Å². The maximum absolute atomic E-state index is 11.0. The zero-order valence-electron chi connectivity index (χ0n) is 13.0. The van der Waals surface area contributed by atoms with Crippen LogP contribution in [0.25, 0.3) is 11.6 Å². The molecule has 0 heterocycles. The summed E-state index contributed by atoms with van der Waals surface area (Å²) in [6, 6.07) is 14.5. The highest BCUT2D eigenvalue weighted by Gasteiger charge is 2.12. The van der Waals surface area contributed by atoms with E-state index in [0.29, 0.717) is 22.4 Å². The van der Waals surface area contributed by atoms with Crippen molar-refractivity contribution in [2.75, 3.05) is 6.61 Å². The number of nitro benzene ring substituents is 1. The Kier molecular flexibility index (Phi) is 5.50. The third kappa shape index (κ3) is 4.22. The molecule has 0 N–H and O–H groups in total. The fourth-order valence-corrected chi connectivity index (χ4v) is 2.07. The normalized spacial score (nSPS) is 10.2. The van der Waals surface area contributed by atoms with Crippen LogP contribution in [0, 0.1) is 45.1 Å². The minimum absolute atomic E-state index is 0.00258. The van der Waals surface area contributed by atoms with Crippen molar-refractivity contribution in [3.05, 3.63) is 69.3 Å². The lowest BCUT2D eigenvalue weighted by atomic mass is 10.0. The van der Waals surface area contributed by atoms with Crippen LogP contribution in [0.4, 0.5) is 5.69 Å². The van der Waals surface area contributed by atoms with E-state index in [0.717, 1.165) is 0 Å². The molecule has 0 aliphatic rings. The summed E-state index contributed by atoms with van der Waals surface area (Å²) < 4.78 is 5.38. The first kappa shape index (κ1) is 17.3. The summed E-state index contributed by atoms with van der Waals surface area (Å²) >= 11 is 0. The highest BCUT2D eigenvalue weighted by Crippen LogP contribution is 2.28. The topological polar surface area (TPSA) is 99.9 Å². The second-order valence-corrected chi connectivity index (χ2v) is 4.83. The minimum Gasteiger partial charge on any atom is -0.480 e. The fraction of sp³-hybridized carbons (Fsp3) is 0.0526. The van der Waals surface area contributed by atoms with E-state index < -0.39 is 4.92 Å². The molecular weight excluding hydrogens is 318 g/mol. The Balaban J connectivity index is 2.52. The summed E-state index contributed by atoms with van der Waals surface area (Å²) in [6.45, 7) is -0.00258. The summed E-state index contributed by atoms with van der Waals surface area (Å²) in [6.07, 6.45) is 6.66. The van der Waals surface area contributed by atoms with Crippen molar-refractivity contribution in [2.24, 2.45) is 0 Å². The van der Waals surface area contributed by atoms with E-state index >= 15 is 0 Å². The Labute approximate surface area is 144 Å². The Morgan fingerprint density at radius 2 is 1.96 bits per heavy atom. The highest BCUT2D eigenvalue weighted by molar-refractivity contribution is 5.91. The number of allylic oxidation sites excluding steroid dienone is 1. The molecule has 25 heavy (non-hydrogen) atoms. The van der Waals surface area contributed by atoms with Crippen molar-refractivity contribution in [2.45, 2.75) is 0 Å². The molecule has 0 unspecified atom stereocenters. The maximum atomic E-state index is 11.0.